The molecule has 4 nitrogen and oxygen atoms in total. The fourth-order valence-electron chi connectivity index (χ4n) is 2.95. The number of carboxylic acid groups (broad SMARTS) is 1. The van der Waals surface area contributed by atoms with Crippen LogP contribution in [0.15, 0.2) is 54.6 Å². The van der Waals surface area contributed by atoms with Crippen LogP contribution in [0.2, 0.25) is 0 Å². The maximum atomic E-state index is 11.1. The van der Waals surface area contributed by atoms with Crippen LogP contribution in [0.5, 0.6) is 11.5 Å². The van der Waals surface area contributed by atoms with Crippen LogP contribution in [0.4, 0.5) is 0 Å². The van der Waals surface area contributed by atoms with E-state index < -0.39 is 5.97 Å². The van der Waals surface area contributed by atoms with Gasteiger partial charge in [-0.2, -0.15) is 0 Å². The summed E-state index contributed by atoms with van der Waals surface area (Å²) in [5, 5.41) is 9.16. The largest absolute Gasteiger partial charge is 0.481 e. The summed E-state index contributed by atoms with van der Waals surface area (Å²) in [7, 11) is 0. The van der Waals surface area contributed by atoms with Gasteiger partial charge in [0.2, 0.25) is 0 Å². The Labute approximate surface area is 136 Å². The average Bonchev–Trinajstić information content (AvgIpc) is 2.58. The van der Waals surface area contributed by atoms with Crippen molar-refractivity contribution in [1.29, 1.82) is 0 Å². The van der Waals surface area contributed by atoms with Crippen LogP contribution in [0.25, 0.3) is 0 Å². The number of benzene rings is 2. The van der Waals surface area contributed by atoms with Gasteiger partial charge in [0.15, 0.2) is 0 Å². The lowest BCUT2D eigenvalue weighted by Crippen LogP contribution is -2.38. The fraction of sp³-hybridized carbons (Fsp3) is 0.316. The van der Waals surface area contributed by atoms with E-state index in [1.54, 1.807) is 0 Å². The van der Waals surface area contributed by atoms with Crippen LogP contribution in [0.3, 0.4) is 0 Å². The van der Waals surface area contributed by atoms with Gasteiger partial charge < -0.3 is 9.84 Å². The van der Waals surface area contributed by atoms with Crippen LogP contribution < -0.4 is 4.74 Å². The second-order valence-corrected chi connectivity index (χ2v) is 5.97. The molecule has 4 heteroatoms. The van der Waals surface area contributed by atoms with Crippen molar-refractivity contribution in [2.75, 3.05) is 13.1 Å². The number of nitrogens with zero attached hydrogens (tertiary/aromatic N) is 1. The molecule has 0 aromatic heterocycles. The van der Waals surface area contributed by atoms with Crippen LogP contribution >= 0.6 is 0 Å². The van der Waals surface area contributed by atoms with E-state index >= 15 is 0 Å². The molecule has 1 fully saturated rings. The molecule has 120 valence electrons. The highest BCUT2D eigenvalue weighted by Gasteiger charge is 2.25. The number of ether oxygens (including phenoxy) is 1. The molecule has 1 saturated heterocycles. The van der Waals surface area contributed by atoms with E-state index in [4.69, 9.17) is 9.84 Å². The lowest BCUT2D eigenvalue weighted by atomic mass is 9.98. The number of aliphatic carboxylic acids is 1. The zero-order valence-electron chi connectivity index (χ0n) is 13.0. The molecule has 0 bridgehead atoms. The first-order chi connectivity index (χ1) is 11.2. The summed E-state index contributed by atoms with van der Waals surface area (Å²) in [4.78, 5) is 13.3. The summed E-state index contributed by atoms with van der Waals surface area (Å²) in [6.07, 6.45) is 1.74. The van der Waals surface area contributed by atoms with Gasteiger partial charge in [0.1, 0.15) is 11.5 Å². The molecular weight excluding hydrogens is 290 g/mol. The van der Waals surface area contributed by atoms with Crippen LogP contribution in [0, 0.1) is 5.92 Å². The molecular formula is C19H21NO3. The molecule has 2 aromatic rings. The summed E-state index contributed by atoms with van der Waals surface area (Å²) in [6.45, 7) is 2.39. The maximum absolute atomic E-state index is 11.1. The van der Waals surface area contributed by atoms with E-state index in [1.165, 1.54) is 5.56 Å². The van der Waals surface area contributed by atoms with E-state index in [1.807, 2.05) is 54.6 Å². The summed E-state index contributed by atoms with van der Waals surface area (Å²) in [5.74, 6) is 0.716. The molecule has 1 aliphatic heterocycles. The highest BCUT2D eigenvalue weighted by Crippen LogP contribution is 2.23. The first-order valence-corrected chi connectivity index (χ1v) is 7.98. The Morgan fingerprint density at radius 3 is 2.48 bits per heavy atom. The molecule has 23 heavy (non-hydrogen) atoms. The number of hydrogen-bond acceptors (Lipinski definition) is 3. The Balaban J connectivity index is 1.58. The van der Waals surface area contributed by atoms with Crippen molar-refractivity contribution in [3.63, 3.8) is 0 Å². The Morgan fingerprint density at radius 1 is 1.09 bits per heavy atom. The molecule has 1 heterocycles. The minimum absolute atomic E-state index is 0.232. The minimum atomic E-state index is -0.679. The quantitative estimate of drug-likeness (QED) is 0.913. The third-order valence-corrected chi connectivity index (χ3v) is 4.16. The van der Waals surface area contributed by atoms with E-state index in [-0.39, 0.29) is 5.92 Å². The summed E-state index contributed by atoms with van der Waals surface area (Å²) in [5.41, 5.74) is 1.18. The molecule has 3 rings (SSSR count). The number of hydrogen-bond donors (Lipinski definition) is 1. The van der Waals surface area contributed by atoms with Crippen molar-refractivity contribution in [2.45, 2.75) is 19.4 Å². The lowest BCUT2D eigenvalue weighted by Gasteiger charge is -2.30. The van der Waals surface area contributed by atoms with Crippen LogP contribution in [0.1, 0.15) is 18.4 Å². The zero-order valence-corrected chi connectivity index (χ0v) is 13.0. The zero-order chi connectivity index (χ0) is 16.1. The van der Waals surface area contributed by atoms with Gasteiger partial charge in [-0.25, -0.2) is 0 Å². The van der Waals surface area contributed by atoms with Gasteiger partial charge in [0.05, 0.1) is 5.92 Å². The monoisotopic (exact) mass is 311 g/mol. The molecule has 0 aliphatic carbocycles. The van der Waals surface area contributed by atoms with Gasteiger partial charge in [-0.15, -0.1) is 0 Å². The van der Waals surface area contributed by atoms with Crippen molar-refractivity contribution >= 4 is 5.97 Å². The predicted molar refractivity (Wildman–Crippen MR) is 88.6 cm³/mol. The van der Waals surface area contributed by atoms with E-state index in [2.05, 4.69) is 4.90 Å². The Hall–Kier alpha value is -2.33. The van der Waals surface area contributed by atoms with Crippen molar-refractivity contribution in [2.24, 2.45) is 5.92 Å². The molecule has 0 spiro atoms. The summed E-state index contributed by atoms with van der Waals surface area (Å²) >= 11 is 0. The Kier molecular flexibility index (Phi) is 4.93. The minimum Gasteiger partial charge on any atom is -0.481 e. The second-order valence-electron chi connectivity index (χ2n) is 5.97. The first-order valence-electron chi connectivity index (χ1n) is 7.98. The summed E-state index contributed by atoms with van der Waals surface area (Å²) < 4.78 is 5.78. The van der Waals surface area contributed by atoms with Crippen molar-refractivity contribution in [3.05, 3.63) is 60.2 Å². The van der Waals surface area contributed by atoms with Gasteiger partial charge >= 0.3 is 5.97 Å². The number of piperidine rings is 1. The summed E-state index contributed by atoms with van der Waals surface area (Å²) in [6, 6.07) is 17.7. The fourth-order valence-corrected chi connectivity index (χ4v) is 2.95. The highest BCUT2D eigenvalue weighted by atomic mass is 16.5. The van der Waals surface area contributed by atoms with Gasteiger partial charge in [-0.05, 0) is 49.2 Å². The number of carbonyl (C=O) groups is 1. The number of carboxylic acids is 1. The van der Waals surface area contributed by atoms with Gasteiger partial charge in [0.25, 0.3) is 0 Å². The molecule has 1 atom stereocenters. The molecule has 1 unspecified atom stereocenters. The third kappa shape index (κ3) is 4.33. The molecule has 1 N–H and O–H groups in total. The third-order valence-electron chi connectivity index (χ3n) is 4.16. The Bertz CT molecular complexity index is 639. The Morgan fingerprint density at radius 2 is 1.78 bits per heavy atom. The van der Waals surface area contributed by atoms with Crippen molar-refractivity contribution in [3.8, 4) is 11.5 Å². The van der Waals surface area contributed by atoms with Crippen molar-refractivity contribution in [1.82, 2.24) is 4.90 Å². The van der Waals surface area contributed by atoms with E-state index in [0.717, 1.165) is 37.4 Å². The smallest absolute Gasteiger partial charge is 0.307 e. The number of likely N-dealkylation sites (tertiary alicyclic amines) is 1. The van der Waals surface area contributed by atoms with Crippen LogP contribution in [-0.2, 0) is 11.3 Å². The van der Waals surface area contributed by atoms with Crippen molar-refractivity contribution < 1.29 is 14.6 Å². The first kappa shape index (κ1) is 15.6. The number of para-hydroxylation sites is 1. The predicted octanol–water partition coefficient (Wildman–Crippen LogP) is 3.78. The number of rotatable bonds is 5. The average molecular weight is 311 g/mol. The molecule has 0 saturated carbocycles. The molecule has 1 aliphatic rings. The van der Waals surface area contributed by atoms with Crippen LogP contribution in [-0.4, -0.2) is 29.1 Å². The van der Waals surface area contributed by atoms with E-state index in [9.17, 15) is 4.79 Å². The normalized spacial score (nSPS) is 18.5. The van der Waals surface area contributed by atoms with Gasteiger partial charge in [-0.1, -0.05) is 30.3 Å². The maximum Gasteiger partial charge on any atom is 0.307 e. The lowest BCUT2D eigenvalue weighted by molar-refractivity contribution is -0.143. The molecule has 0 radical (unpaired) electrons. The standard InChI is InChI=1S/C19H21NO3/c21-19(22)16-5-4-12-20(14-16)13-15-8-10-18(11-9-15)23-17-6-2-1-3-7-17/h1-3,6-11,16H,4-5,12-14H2,(H,21,22). The second kappa shape index (κ2) is 7.29. The van der Waals surface area contributed by atoms with Gasteiger partial charge in [-0.3, -0.25) is 9.69 Å². The van der Waals surface area contributed by atoms with Gasteiger partial charge in [0, 0.05) is 13.1 Å². The molecule has 2 aromatic carbocycles. The SMILES string of the molecule is O=C(O)C1CCCN(Cc2ccc(Oc3ccccc3)cc2)C1. The molecule has 0 amide bonds. The highest BCUT2D eigenvalue weighted by molar-refractivity contribution is 5.70. The topological polar surface area (TPSA) is 49.8 Å². The van der Waals surface area contributed by atoms with E-state index in [0.29, 0.717) is 6.54 Å².